The van der Waals surface area contributed by atoms with Crippen LogP contribution in [0, 0.1) is 0 Å². The largest absolute Gasteiger partial charge is 0.496 e. The zero-order valence-corrected chi connectivity index (χ0v) is 12.5. The van der Waals surface area contributed by atoms with Crippen molar-refractivity contribution >= 4 is 11.7 Å². The van der Waals surface area contributed by atoms with Crippen LogP contribution in [0.25, 0.3) is 0 Å². The minimum atomic E-state index is -0.0170. The zero-order valence-electron chi connectivity index (χ0n) is 12.5. The molecule has 0 fully saturated rings. The summed E-state index contributed by atoms with van der Waals surface area (Å²) in [6.07, 6.45) is 0. The van der Waals surface area contributed by atoms with E-state index in [1.807, 2.05) is 24.9 Å². The molecular weight excluding hydrogens is 256 g/mol. The predicted octanol–water partition coefficient (Wildman–Crippen LogP) is 1.47. The average molecular weight is 278 g/mol. The summed E-state index contributed by atoms with van der Waals surface area (Å²) in [6.45, 7) is 4.89. The lowest BCUT2D eigenvalue weighted by atomic mass is 10.1. The molecule has 0 aliphatic carbocycles. The van der Waals surface area contributed by atoms with Crippen LogP contribution in [-0.2, 0) is 11.3 Å². The summed E-state index contributed by atoms with van der Waals surface area (Å²) in [7, 11) is 3.45. The Hall–Kier alpha value is -1.88. The van der Waals surface area contributed by atoms with Gasteiger partial charge in [-0.15, -0.1) is 0 Å². The van der Waals surface area contributed by atoms with Crippen LogP contribution in [0.5, 0.6) is 5.75 Å². The van der Waals surface area contributed by atoms with Gasteiger partial charge >= 0.3 is 0 Å². The Morgan fingerprint density at radius 1 is 1.35 bits per heavy atom. The first-order valence-corrected chi connectivity index (χ1v) is 6.61. The Labute approximate surface area is 119 Å². The van der Waals surface area contributed by atoms with Gasteiger partial charge in [0.25, 0.3) is 0 Å². The lowest BCUT2D eigenvalue weighted by molar-refractivity contribution is -0.121. The molecule has 0 aliphatic rings. The van der Waals surface area contributed by atoms with E-state index in [4.69, 9.17) is 4.74 Å². The summed E-state index contributed by atoms with van der Waals surface area (Å²) in [5, 5.41) is 2.75. The van der Waals surface area contributed by atoms with Gasteiger partial charge in [0.05, 0.1) is 13.7 Å². The Bertz CT molecular complexity index is 486. The van der Waals surface area contributed by atoms with Crippen LogP contribution in [0.2, 0.25) is 0 Å². The van der Waals surface area contributed by atoms with E-state index in [0.29, 0.717) is 25.2 Å². The van der Waals surface area contributed by atoms with Crippen molar-refractivity contribution in [1.29, 1.82) is 0 Å². The quantitative estimate of drug-likeness (QED) is 0.767. The summed E-state index contributed by atoms with van der Waals surface area (Å²) in [4.78, 5) is 24.8. The highest BCUT2D eigenvalue weighted by atomic mass is 16.5. The van der Waals surface area contributed by atoms with Gasteiger partial charge < -0.3 is 10.1 Å². The number of carbonyl (C=O) groups is 2. The van der Waals surface area contributed by atoms with Crippen molar-refractivity contribution in [2.45, 2.75) is 20.4 Å². The molecule has 0 spiro atoms. The van der Waals surface area contributed by atoms with Gasteiger partial charge in [-0.05, 0) is 39.1 Å². The Morgan fingerprint density at radius 3 is 2.60 bits per heavy atom. The third-order valence-corrected chi connectivity index (χ3v) is 2.91. The lowest BCUT2D eigenvalue weighted by Crippen LogP contribution is -2.34. The highest BCUT2D eigenvalue weighted by Crippen LogP contribution is 2.21. The van der Waals surface area contributed by atoms with Crippen LogP contribution in [0.3, 0.4) is 0 Å². The molecular formula is C15H22N2O3. The molecule has 0 atom stereocenters. The molecule has 1 rings (SSSR count). The summed E-state index contributed by atoms with van der Waals surface area (Å²) in [5.74, 6) is 0.717. The van der Waals surface area contributed by atoms with E-state index in [0.717, 1.165) is 11.3 Å². The summed E-state index contributed by atoms with van der Waals surface area (Å²) in [6, 6.07) is 5.34. The lowest BCUT2D eigenvalue weighted by Gasteiger charge is -2.18. The number of ether oxygens (including phenoxy) is 1. The topological polar surface area (TPSA) is 58.6 Å². The summed E-state index contributed by atoms with van der Waals surface area (Å²) in [5.41, 5.74) is 1.54. The van der Waals surface area contributed by atoms with Crippen LogP contribution in [-0.4, -0.2) is 43.8 Å². The summed E-state index contributed by atoms with van der Waals surface area (Å²) >= 11 is 0. The fourth-order valence-corrected chi connectivity index (χ4v) is 1.97. The fourth-order valence-electron chi connectivity index (χ4n) is 1.97. The first kappa shape index (κ1) is 16.2. The molecule has 110 valence electrons. The number of methoxy groups -OCH3 is 1. The number of hydrogen-bond donors (Lipinski definition) is 1. The molecule has 20 heavy (non-hydrogen) atoms. The highest BCUT2D eigenvalue weighted by Gasteiger charge is 2.11. The minimum Gasteiger partial charge on any atom is -0.496 e. The van der Waals surface area contributed by atoms with E-state index in [2.05, 4.69) is 5.32 Å². The molecule has 5 nitrogen and oxygen atoms in total. The highest BCUT2D eigenvalue weighted by molar-refractivity contribution is 5.94. The molecule has 0 radical (unpaired) electrons. The Kier molecular flexibility index (Phi) is 6.18. The number of Topliss-reactive ketones (excluding diaryl/α,β-unsaturated/α-hetero) is 1. The van der Waals surface area contributed by atoms with Gasteiger partial charge in [-0.25, -0.2) is 0 Å². The second kappa shape index (κ2) is 7.65. The first-order valence-electron chi connectivity index (χ1n) is 6.61. The maximum Gasteiger partial charge on any atom is 0.234 e. The van der Waals surface area contributed by atoms with Crippen molar-refractivity contribution in [1.82, 2.24) is 10.2 Å². The molecule has 0 aliphatic heterocycles. The Balaban J connectivity index is 2.81. The number of likely N-dealkylation sites (N-methyl/N-ethyl adjacent to an activating group) is 2. The SMILES string of the molecule is CCNC(=O)CN(C)Cc1cc(C(C)=O)ccc1OC. The van der Waals surface area contributed by atoms with Gasteiger partial charge in [0.1, 0.15) is 5.75 Å². The molecule has 0 bridgehead atoms. The third kappa shape index (κ3) is 4.66. The average Bonchev–Trinajstić information content (AvgIpc) is 2.38. The van der Waals surface area contributed by atoms with Gasteiger partial charge in [-0.1, -0.05) is 0 Å². The van der Waals surface area contributed by atoms with Crippen molar-refractivity contribution in [3.63, 3.8) is 0 Å². The standard InChI is InChI=1S/C15H22N2O3/c1-5-16-15(19)10-17(3)9-13-8-12(11(2)18)6-7-14(13)20-4/h6-8H,5,9-10H2,1-4H3,(H,16,19). The van der Waals surface area contributed by atoms with Crippen LogP contribution in [0.4, 0.5) is 0 Å². The van der Waals surface area contributed by atoms with Crippen molar-refractivity contribution < 1.29 is 14.3 Å². The van der Waals surface area contributed by atoms with Gasteiger partial charge in [-0.3, -0.25) is 14.5 Å². The monoisotopic (exact) mass is 278 g/mol. The maximum absolute atomic E-state index is 11.5. The number of rotatable bonds is 7. The van der Waals surface area contributed by atoms with E-state index in [9.17, 15) is 9.59 Å². The molecule has 1 amide bonds. The molecule has 0 heterocycles. The van der Waals surface area contributed by atoms with Crippen LogP contribution >= 0.6 is 0 Å². The van der Waals surface area contributed by atoms with Gasteiger partial charge in [0.15, 0.2) is 5.78 Å². The van der Waals surface area contributed by atoms with Gasteiger partial charge in [0, 0.05) is 24.2 Å². The number of amides is 1. The van der Waals surface area contributed by atoms with E-state index in [1.54, 1.807) is 19.2 Å². The van der Waals surface area contributed by atoms with Gasteiger partial charge in [-0.2, -0.15) is 0 Å². The maximum atomic E-state index is 11.5. The van der Waals surface area contributed by atoms with Crippen LogP contribution in [0.1, 0.15) is 29.8 Å². The molecule has 0 unspecified atom stereocenters. The predicted molar refractivity (Wildman–Crippen MR) is 78.0 cm³/mol. The smallest absolute Gasteiger partial charge is 0.234 e. The molecule has 0 saturated carbocycles. The second-order valence-electron chi connectivity index (χ2n) is 4.71. The van der Waals surface area contributed by atoms with Crippen molar-refractivity contribution in [3.8, 4) is 5.75 Å². The van der Waals surface area contributed by atoms with E-state index < -0.39 is 0 Å². The molecule has 1 aromatic carbocycles. The van der Waals surface area contributed by atoms with Crippen molar-refractivity contribution in [2.75, 3.05) is 27.2 Å². The number of hydrogen-bond acceptors (Lipinski definition) is 4. The fraction of sp³-hybridized carbons (Fsp3) is 0.467. The number of carbonyl (C=O) groups excluding carboxylic acids is 2. The number of ketones is 1. The van der Waals surface area contributed by atoms with E-state index in [1.165, 1.54) is 6.92 Å². The van der Waals surface area contributed by atoms with Crippen molar-refractivity contribution in [2.24, 2.45) is 0 Å². The molecule has 1 aromatic rings. The van der Waals surface area contributed by atoms with E-state index in [-0.39, 0.29) is 11.7 Å². The molecule has 0 saturated heterocycles. The second-order valence-corrected chi connectivity index (χ2v) is 4.71. The van der Waals surface area contributed by atoms with Crippen LogP contribution in [0.15, 0.2) is 18.2 Å². The number of nitrogens with zero attached hydrogens (tertiary/aromatic N) is 1. The summed E-state index contributed by atoms with van der Waals surface area (Å²) < 4.78 is 5.29. The number of nitrogens with one attached hydrogen (secondary N) is 1. The minimum absolute atomic E-state index is 0.0142. The number of benzene rings is 1. The molecule has 1 N–H and O–H groups in total. The normalized spacial score (nSPS) is 10.4. The van der Waals surface area contributed by atoms with Crippen molar-refractivity contribution in [3.05, 3.63) is 29.3 Å². The van der Waals surface area contributed by atoms with Crippen LogP contribution < -0.4 is 10.1 Å². The first-order chi connectivity index (χ1) is 9.47. The zero-order chi connectivity index (χ0) is 15.1. The Morgan fingerprint density at radius 2 is 2.05 bits per heavy atom. The molecule has 0 aromatic heterocycles. The van der Waals surface area contributed by atoms with E-state index >= 15 is 0 Å². The van der Waals surface area contributed by atoms with Gasteiger partial charge in [0.2, 0.25) is 5.91 Å². The third-order valence-electron chi connectivity index (χ3n) is 2.91. The molecule has 5 heteroatoms.